The van der Waals surface area contributed by atoms with Gasteiger partial charge in [0.25, 0.3) is 0 Å². The van der Waals surface area contributed by atoms with Gasteiger partial charge in [-0.3, -0.25) is 0 Å². The maximum absolute atomic E-state index is 12.9. The second-order valence-electron chi connectivity index (χ2n) is 3.81. The van der Waals surface area contributed by atoms with Crippen molar-refractivity contribution < 1.29 is 23.0 Å². The molecule has 1 heterocycles. The van der Waals surface area contributed by atoms with E-state index in [9.17, 15) is 13.2 Å². The fraction of sp³-hybridized carbons (Fsp3) is 0.250. The molecule has 0 bridgehead atoms. The van der Waals surface area contributed by atoms with Crippen LogP contribution in [0, 0.1) is 0 Å². The number of benzene rings is 1. The van der Waals surface area contributed by atoms with Crippen molar-refractivity contribution in [2.24, 2.45) is 0 Å². The molecule has 7 heteroatoms. The van der Waals surface area contributed by atoms with Crippen molar-refractivity contribution in [1.29, 1.82) is 0 Å². The van der Waals surface area contributed by atoms with Crippen LogP contribution in [0.2, 0.25) is 0 Å². The molecule has 1 aromatic heterocycles. The molecule has 0 radical (unpaired) electrons. The highest BCUT2D eigenvalue weighted by atomic mass is 19.4. The Labute approximate surface area is 107 Å². The standard InChI is InChI=1S/C12H11F3N2O2/c1-19-11-3-2-9(4-10(11)12(13,14)15)17-5-8(6-18)16-7-17/h2-5,7,18H,6H2,1H3. The Morgan fingerprint density at radius 3 is 2.63 bits per heavy atom. The second kappa shape index (κ2) is 4.93. The number of aliphatic hydroxyl groups excluding tert-OH is 1. The van der Waals surface area contributed by atoms with E-state index < -0.39 is 11.7 Å². The number of rotatable bonds is 3. The van der Waals surface area contributed by atoms with Crippen LogP contribution in [0.3, 0.4) is 0 Å². The largest absolute Gasteiger partial charge is 0.496 e. The minimum Gasteiger partial charge on any atom is -0.496 e. The lowest BCUT2D eigenvalue weighted by atomic mass is 10.1. The SMILES string of the molecule is COc1ccc(-n2cnc(CO)c2)cc1C(F)(F)F. The number of nitrogens with zero attached hydrogens (tertiary/aromatic N) is 2. The summed E-state index contributed by atoms with van der Waals surface area (Å²) in [5.74, 6) is -0.237. The quantitative estimate of drug-likeness (QED) is 0.933. The van der Waals surface area contributed by atoms with Crippen molar-refractivity contribution in [3.05, 3.63) is 42.0 Å². The van der Waals surface area contributed by atoms with Crippen molar-refractivity contribution in [2.45, 2.75) is 12.8 Å². The van der Waals surface area contributed by atoms with Crippen molar-refractivity contribution in [1.82, 2.24) is 9.55 Å². The van der Waals surface area contributed by atoms with Crippen molar-refractivity contribution in [3.63, 3.8) is 0 Å². The lowest BCUT2D eigenvalue weighted by molar-refractivity contribution is -0.138. The van der Waals surface area contributed by atoms with Gasteiger partial charge in [-0.15, -0.1) is 0 Å². The Balaban J connectivity index is 2.48. The Hall–Kier alpha value is -2.02. The predicted molar refractivity (Wildman–Crippen MR) is 61.0 cm³/mol. The van der Waals surface area contributed by atoms with Gasteiger partial charge in [0.2, 0.25) is 0 Å². The third-order valence-corrected chi connectivity index (χ3v) is 2.58. The summed E-state index contributed by atoms with van der Waals surface area (Å²) >= 11 is 0. The molecule has 102 valence electrons. The molecule has 2 rings (SSSR count). The van der Waals surface area contributed by atoms with E-state index in [2.05, 4.69) is 4.98 Å². The minimum atomic E-state index is -4.50. The number of hydrogen-bond donors (Lipinski definition) is 1. The molecule has 0 unspecified atom stereocenters. The Morgan fingerprint density at radius 2 is 2.11 bits per heavy atom. The normalized spacial score (nSPS) is 11.6. The zero-order valence-electron chi connectivity index (χ0n) is 9.98. The molecular formula is C12H11F3N2O2. The summed E-state index contributed by atoms with van der Waals surface area (Å²) in [5, 5.41) is 8.89. The number of hydrogen-bond acceptors (Lipinski definition) is 3. The van der Waals surface area contributed by atoms with Crippen molar-refractivity contribution in [2.75, 3.05) is 7.11 Å². The molecule has 1 N–H and O–H groups in total. The maximum Gasteiger partial charge on any atom is 0.420 e. The maximum atomic E-state index is 12.9. The van der Waals surface area contributed by atoms with Crippen LogP contribution in [0.4, 0.5) is 13.2 Å². The van der Waals surface area contributed by atoms with Gasteiger partial charge in [-0.1, -0.05) is 0 Å². The Kier molecular flexibility index (Phi) is 3.48. The highest BCUT2D eigenvalue weighted by Crippen LogP contribution is 2.37. The molecule has 0 fully saturated rings. The monoisotopic (exact) mass is 272 g/mol. The predicted octanol–water partition coefficient (Wildman–Crippen LogP) is 2.39. The highest BCUT2D eigenvalue weighted by molar-refractivity contribution is 5.46. The first-order valence-corrected chi connectivity index (χ1v) is 5.35. The fourth-order valence-corrected chi connectivity index (χ4v) is 1.66. The van der Waals surface area contributed by atoms with E-state index in [1.807, 2.05) is 0 Å². The van der Waals surface area contributed by atoms with E-state index in [0.29, 0.717) is 11.4 Å². The molecule has 0 aliphatic carbocycles. The zero-order chi connectivity index (χ0) is 14.0. The fourth-order valence-electron chi connectivity index (χ4n) is 1.66. The summed E-state index contributed by atoms with van der Waals surface area (Å²) < 4.78 is 44.7. The van der Waals surface area contributed by atoms with E-state index >= 15 is 0 Å². The Bertz CT molecular complexity index is 579. The molecule has 1 aromatic carbocycles. The third kappa shape index (κ3) is 2.70. The number of aliphatic hydroxyl groups is 1. The van der Waals surface area contributed by atoms with E-state index in [-0.39, 0.29) is 12.4 Å². The van der Waals surface area contributed by atoms with Crippen molar-refractivity contribution in [3.8, 4) is 11.4 Å². The molecule has 0 amide bonds. The molecule has 0 spiro atoms. The first kappa shape index (κ1) is 13.4. The van der Waals surface area contributed by atoms with Gasteiger partial charge in [-0.2, -0.15) is 13.2 Å². The average molecular weight is 272 g/mol. The first-order chi connectivity index (χ1) is 8.95. The van der Waals surface area contributed by atoms with Gasteiger partial charge in [0.15, 0.2) is 0 Å². The van der Waals surface area contributed by atoms with Gasteiger partial charge in [0.05, 0.1) is 31.3 Å². The van der Waals surface area contributed by atoms with Gasteiger partial charge < -0.3 is 14.4 Å². The van der Waals surface area contributed by atoms with E-state index in [0.717, 1.165) is 6.07 Å². The van der Waals surface area contributed by atoms with E-state index in [4.69, 9.17) is 9.84 Å². The number of ether oxygens (including phenoxy) is 1. The molecule has 0 aliphatic rings. The molecule has 19 heavy (non-hydrogen) atoms. The molecule has 0 aliphatic heterocycles. The van der Waals surface area contributed by atoms with Crippen LogP contribution in [0.5, 0.6) is 5.75 Å². The number of halogens is 3. The molecule has 0 saturated carbocycles. The van der Waals surface area contributed by atoms with Crippen LogP contribution in [0.15, 0.2) is 30.7 Å². The summed E-state index contributed by atoms with van der Waals surface area (Å²) in [7, 11) is 1.19. The van der Waals surface area contributed by atoms with Gasteiger partial charge in [0.1, 0.15) is 5.75 Å². The van der Waals surface area contributed by atoms with Crippen LogP contribution in [-0.4, -0.2) is 21.8 Å². The summed E-state index contributed by atoms with van der Waals surface area (Å²) in [6.07, 6.45) is -1.70. The lowest BCUT2D eigenvalue weighted by Gasteiger charge is -2.13. The molecular weight excluding hydrogens is 261 g/mol. The van der Waals surface area contributed by atoms with Crippen LogP contribution < -0.4 is 4.74 Å². The summed E-state index contributed by atoms with van der Waals surface area (Å²) in [5.41, 5.74) is -0.184. The second-order valence-corrected chi connectivity index (χ2v) is 3.81. The molecule has 0 atom stereocenters. The lowest BCUT2D eigenvalue weighted by Crippen LogP contribution is -2.08. The van der Waals surface area contributed by atoms with Crippen LogP contribution >= 0.6 is 0 Å². The van der Waals surface area contributed by atoms with Gasteiger partial charge in [0, 0.05) is 11.9 Å². The average Bonchev–Trinajstić information content (AvgIpc) is 2.85. The van der Waals surface area contributed by atoms with Crippen LogP contribution in [-0.2, 0) is 12.8 Å². The first-order valence-electron chi connectivity index (χ1n) is 5.35. The van der Waals surface area contributed by atoms with E-state index in [1.165, 1.54) is 36.3 Å². The van der Waals surface area contributed by atoms with Crippen LogP contribution in [0.25, 0.3) is 5.69 Å². The minimum absolute atomic E-state index is 0.237. The summed E-state index contributed by atoms with van der Waals surface area (Å²) in [6, 6.07) is 3.70. The van der Waals surface area contributed by atoms with Crippen LogP contribution in [0.1, 0.15) is 11.3 Å². The van der Waals surface area contributed by atoms with Crippen molar-refractivity contribution >= 4 is 0 Å². The van der Waals surface area contributed by atoms with Gasteiger partial charge in [-0.25, -0.2) is 4.98 Å². The highest BCUT2D eigenvalue weighted by Gasteiger charge is 2.34. The number of alkyl halides is 3. The molecule has 2 aromatic rings. The topological polar surface area (TPSA) is 47.3 Å². The van der Waals surface area contributed by atoms with E-state index in [1.54, 1.807) is 0 Å². The smallest absolute Gasteiger partial charge is 0.420 e. The number of aromatic nitrogens is 2. The van der Waals surface area contributed by atoms with Gasteiger partial charge >= 0.3 is 6.18 Å². The summed E-state index contributed by atoms with van der Waals surface area (Å²) in [4.78, 5) is 3.85. The zero-order valence-corrected chi connectivity index (χ0v) is 9.98. The van der Waals surface area contributed by atoms with Gasteiger partial charge in [-0.05, 0) is 18.2 Å². The molecule has 0 saturated heterocycles. The third-order valence-electron chi connectivity index (χ3n) is 2.58. The molecule has 4 nitrogen and oxygen atoms in total. The number of methoxy groups -OCH3 is 1. The Morgan fingerprint density at radius 1 is 1.37 bits per heavy atom. The summed E-state index contributed by atoms with van der Waals surface area (Å²) in [6.45, 7) is -0.269. The number of imidazole rings is 1.